The molecule has 1 aromatic rings. The van der Waals surface area contributed by atoms with Crippen LogP contribution in [0.2, 0.25) is 0 Å². The topological polar surface area (TPSA) is 67.2 Å². The number of fused-ring (bicyclic) bond motifs is 1. The van der Waals surface area contributed by atoms with Crippen molar-refractivity contribution in [1.29, 1.82) is 0 Å². The lowest BCUT2D eigenvalue weighted by Crippen LogP contribution is -2.41. The van der Waals surface area contributed by atoms with E-state index in [1.165, 1.54) is 0 Å². The largest absolute Gasteiger partial charge is 0.333 e. The van der Waals surface area contributed by atoms with Crippen molar-refractivity contribution in [2.75, 3.05) is 31.1 Å². The maximum atomic E-state index is 11.4. The fourth-order valence-corrected chi connectivity index (χ4v) is 4.51. The van der Waals surface area contributed by atoms with Crippen LogP contribution in [0, 0.1) is 0 Å². The average molecular weight is 284 g/mol. The van der Waals surface area contributed by atoms with Crippen LogP contribution >= 0.6 is 0 Å². The summed E-state index contributed by atoms with van der Waals surface area (Å²) in [6, 6.07) is 0.150. The van der Waals surface area contributed by atoms with Crippen molar-refractivity contribution < 1.29 is 8.42 Å². The minimum Gasteiger partial charge on any atom is -0.333 e. The molecule has 1 N–H and O–H groups in total. The molecule has 1 fully saturated rings. The summed E-state index contributed by atoms with van der Waals surface area (Å²) in [5.74, 6) is 1.76. The van der Waals surface area contributed by atoms with Crippen molar-refractivity contribution in [3.8, 4) is 0 Å². The van der Waals surface area contributed by atoms with Crippen molar-refractivity contribution in [1.82, 2.24) is 19.8 Å². The summed E-state index contributed by atoms with van der Waals surface area (Å²) in [6.07, 6.45) is 4.63. The normalized spacial score (nSPS) is 26.4. The lowest BCUT2D eigenvalue weighted by atomic mass is 10.2. The van der Waals surface area contributed by atoms with Gasteiger partial charge in [0.2, 0.25) is 0 Å². The highest BCUT2D eigenvalue weighted by Gasteiger charge is 2.27. The number of aromatic nitrogens is 2. The number of sulfone groups is 1. The molecule has 7 heteroatoms. The second-order valence-electron chi connectivity index (χ2n) is 5.37. The first-order chi connectivity index (χ1) is 9.12. The van der Waals surface area contributed by atoms with Crippen molar-refractivity contribution >= 4 is 9.84 Å². The van der Waals surface area contributed by atoms with Gasteiger partial charge < -0.3 is 9.88 Å². The molecule has 0 spiro atoms. The van der Waals surface area contributed by atoms with Crippen LogP contribution in [0.15, 0.2) is 12.4 Å². The van der Waals surface area contributed by atoms with E-state index in [1.54, 1.807) is 0 Å². The van der Waals surface area contributed by atoms with Gasteiger partial charge in [-0.1, -0.05) is 0 Å². The molecule has 0 amide bonds. The number of rotatable bonds is 4. The van der Waals surface area contributed by atoms with E-state index in [9.17, 15) is 8.42 Å². The Kier molecular flexibility index (Phi) is 3.60. The Labute approximate surface area is 113 Å². The zero-order valence-electron chi connectivity index (χ0n) is 11.0. The second-order valence-corrected chi connectivity index (χ2v) is 7.60. The van der Waals surface area contributed by atoms with Crippen LogP contribution in [0.25, 0.3) is 0 Å². The Balaban J connectivity index is 1.42. The first kappa shape index (κ1) is 13.1. The summed E-state index contributed by atoms with van der Waals surface area (Å²) in [6.45, 7) is 4.71. The van der Waals surface area contributed by atoms with Gasteiger partial charge in [-0.25, -0.2) is 13.4 Å². The van der Waals surface area contributed by atoms with E-state index in [-0.39, 0.29) is 6.04 Å². The molecule has 106 valence electrons. The van der Waals surface area contributed by atoms with Gasteiger partial charge in [-0.2, -0.15) is 0 Å². The number of nitrogens with one attached hydrogen (secondary N) is 1. The van der Waals surface area contributed by atoms with E-state index >= 15 is 0 Å². The Morgan fingerprint density at radius 3 is 3.11 bits per heavy atom. The molecule has 1 unspecified atom stereocenters. The van der Waals surface area contributed by atoms with Crippen LogP contribution in [0.4, 0.5) is 0 Å². The summed E-state index contributed by atoms with van der Waals surface area (Å²) >= 11 is 0. The molecule has 0 aliphatic carbocycles. The quantitative estimate of drug-likeness (QED) is 0.805. The molecule has 0 radical (unpaired) electrons. The van der Waals surface area contributed by atoms with Gasteiger partial charge in [0.05, 0.1) is 18.1 Å². The molecule has 6 nitrogen and oxygen atoms in total. The van der Waals surface area contributed by atoms with Gasteiger partial charge in [-0.3, -0.25) is 4.90 Å². The zero-order chi connectivity index (χ0) is 13.3. The predicted molar refractivity (Wildman–Crippen MR) is 72.6 cm³/mol. The highest BCUT2D eigenvalue weighted by Crippen LogP contribution is 2.12. The Morgan fingerprint density at radius 2 is 2.32 bits per heavy atom. The molecule has 2 aliphatic heterocycles. The van der Waals surface area contributed by atoms with Crippen molar-refractivity contribution in [3.63, 3.8) is 0 Å². The van der Waals surface area contributed by atoms with Crippen LogP contribution < -0.4 is 5.32 Å². The lowest BCUT2D eigenvalue weighted by molar-refractivity contribution is 0.215. The standard InChI is InChI=1S/C12H20N4O2S/c17-19(18)8-1-11(10-19)13-2-4-15-6-7-16-5-3-14-12(16)9-15/h3,5,11,13H,1-2,4,6-10H2. The van der Waals surface area contributed by atoms with Gasteiger partial charge in [0.25, 0.3) is 0 Å². The van der Waals surface area contributed by atoms with Crippen LogP contribution in [-0.2, 0) is 22.9 Å². The number of imidazole rings is 1. The summed E-state index contributed by atoms with van der Waals surface area (Å²) in [5.41, 5.74) is 0. The molecule has 3 heterocycles. The molecule has 3 rings (SSSR count). The third-order valence-electron chi connectivity index (χ3n) is 3.92. The van der Waals surface area contributed by atoms with Crippen molar-refractivity contribution in [2.45, 2.75) is 25.6 Å². The van der Waals surface area contributed by atoms with Crippen LogP contribution in [0.3, 0.4) is 0 Å². The number of hydrogen-bond acceptors (Lipinski definition) is 5. The third-order valence-corrected chi connectivity index (χ3v) is 5.69. The summed E-state index contributed by atoms with van der Waals surface area (Å²) in [5, 5.41) is 3.35. The molecule has 0 bridgehead atoms. The molecule has 1 saturated heterocycles. The van der Waals surface area contributed by atoms with Crippen LogP contribution in [-0.4, -0.2) is 60.1 Å². The van der Waals surface area contributed by atoms with Crippen molar-refractivity contribution in [3.05, 3.63) is 18.2 Å². The van der Waals surface area contributed by atoms with E-state index in [0.717, 1.165) is 45.0 Å². The predicted octanol–water partition coefficient (Wildman–Crippen LogP) is -0.525. The van der Waals surface area contributed by atoms with E-state index in [2.05, 4.69) is 19.8 Å². The van der Waals surface area contributed by atoms with Crippen LogP contribution in [0.5, 0.6) is 0 Å². The summed E-state index contributed by atoms with van der Waals surface area (Å²) < 4.78 is 24.9. The Morgan fingerprint density at radius 1 is 1.42 bits per heavy atom. The smallest absolute Gasteiger partial charge is 0.151 e. The van der Waals surface area contributed by atoms with E-state index < -0.39 is 9.84 Å². The van der Waals surface area contributed by atoms with Gasteiger partial charge in [0.15, 0.2) is 9.84 Å². The van der Waals surface area contributed by atoms with Crippen LogP contribution in [0.1, 0.15) is 12.2 Å². The molecule has 0 saturated carbocycles. The number of hydrogen-bond donors (Lipinski definition) is 1. The second kappa shape index (κ2) is 5.22. The van der Waals surface area contributed by atoms with Gasteiger partial charge in [-0.15, -0.1) is 0 Å². The molecule has 19 heavy (non-hydrogen) atoms. The van der Waals surface area contributed by atoms with Gasteiger partial charge in [0.1, 0.15) is 5.82 Å². The monoisotopic (exact) mass is 284 g/mol. The summed E-state index contributed by atoms with van der Waals surface area (Å²) in [4.78, 5) is 6.69. The highest BCUT2D eigenvalue weighted by molar-refractivity contribution is 7.91. The SMILES string of the molecule is O=S1(=O)CCC(NCCN2CCn3ccnc3C2)C1. The maximum Gasteiger partial charge on any atom is 0.151 e. The van der Waals surface area contributed by atoms with Gasteiger partial charge >= 0.3 is 0 Å². The highest BCUT2D eigenvalue weighted by atomic mass is 32.2. The molecule has 0 aromatic carbocycles. The molecular formula is C12H20N4O2S. The fourth-order valence-electron chi connectivity index (χ4n) is 2.80. The fraction of sp³-hybridized carbons (Fsp3) is 0.750. The summed E-state index contributed by atoms with van der Waals surface area (Å²) in [7, 11) is -2.77. The van der Waals surface area contributed by atoms with E-state index in [1.807, 2.05) is 12.4 Å². The lowest BCUT2D eigenvalue weighted by Gasteiger charge is -2.27. The number of nitrogens with zero attached hydrogens (tertiary/aromatic N) is 3. The minimum absolute atomic E-state index is 0.150. The van der Waals surface area contributed by atoms with Gasteiger partial charge in [-0.05, 0) is 6.42 Å². The molecular weight excluding hydrogens is 264 g/mol. The minimum atomic E-state index is -2.77. The van der Waals surface area contributed by atoms with Gasteiger partial charge in [0, 0.05) is 44.6 Å². The first-order valence-corrected chi connectivity index (χ1v) is 8.61. The van der Waals surface area contributed by atoms with E-state index in [4.69, 9.17) is 0 Å². The Bertz CT molecular complexity index is 540. The van der Waals surface area contributed by atoms with E-state index in [0.29, 0.717) is 11.5 Å². The molecule has 1 aromatic heterocycles. The maximum absolute atomic E-state index is 11.4. The molecule has 2 aliphatic rings. The zero-order valence-corrected chi connectivity index (χ0v) is 11.8. The van der Waals surface area contributed by atoms with Crippen molar-refractivity contribution in [2.24, 2.45) is 0 Å². The Hall–Kier alpha value is -0.920. The third kappa shape index (κ3) is 3.16. The first-order valence-electron chi connectivity index (χ1n) is 6.78. The average Bonchev–Trinajstić information content (AvgIpc) is 2.95. The molecule has 1 atom stereocenters.